The van der Waals surface area contributed by atoms with Crippen LogP contribution in [0.1, 0.15) is 24.6 Å². The fourth-order valence-electron chi connectivity index (χ4n) is 2.97. The Morgan fingerprint density at radius 2 is 2.04 bits per heavy atom. The molecule has 0 radical (unpaired) electrons. The highest BCUT2D eigenvalue weighted by atomic mass is 16.2. The Morgan fingerprint density at radius 1 is 1.23 bits per heavy atom. The largest absolute Gasteiger partial charge is 0.354 e. The van der Waals surface area contributed by atoms with Crippen molar-refractivity contribution in [2.45, 2.75) is 32.2 Å². The predicted octanol–water partition coefficient (Wildman–Crippen LogP) is 2.61. The third kappa shape index (κ3) is 4.81. The number of hydrogen-bond donors (Lipinski definition) is 2. The minimum absolute atomic E-state index is 0.00981. The highest BCUT2D eigenvalue weighted by Gasteiger charge is 2.24. The molecule has 1 aliphatic heterocycles. The summed E-state index contributed by atoms with van der Waals surface area (Å²) in [5.41, 5.74) is 3.03. The molecule has 6 heteroatoms. The number of pyridine rings is 1. The fourth-order valence-corrected chi connectivity index (χ4v) is 2.97. The summed E-state index contributed by atoms with van der Waals surface area (Å²) in [6.07, 6.45) is 3.94. The number of aromatic nitrogens is 1. The van der Waals surface area contributed by atoms with Gasteiger partial charge in [0.15, 0.2) is 0 Å². The van der Waals surface area contributed by atoms with Gasteiger partial charge in [-0.2, -0.15) is 0 Å². The summed E-state index contributed by atoms with van der Waals surface area (Å²) in [4.78, 5) is 30.0. The highest BCUT2D eigenvalue weighted by molar-refractivity contribution is 5.90. The summed E-state index contributed by atoms with van der Waals surface area (Å²) in [6.45, 7) is 2.85. The number of nitrogens with zero attached hydrogens (tertiary/aromatic N) is 2. The lowest BCUT2D eigenvalue weighted by molar-refractivity contribution is -0.120. The van der Waals surface area contributed by atoms with Gasteiger partial charge in [-0.1, -0.05) is 18.2 Å². The zero-order chi connectivity index (χ0) is 18.4. The van der Waals surface area contributed by atoms with Crippen LogP contribution in [0.2, 0.25) is 0 Å². The molecule has 3 rings (SSSR count). The standard InChI is InChI=1S/C20H24N4O2/c1-15-14-22-19(25)11-13-24(15)20(26)23-18-9-6-16(7-10-18)5-8-17-4-2-3-12-21-17/h2-4,6-7,9-10,12,15H,5,8,11,13-14H2,1H3,(H,22,25)(H,23,26)/t15-/m1/s1. The maximum absolute atomic E-state index is 12.5. The number of amides is 3. The molecule has 1 aromatic carbocycles. The lowest BCUT2D eigenvalue weighted by atomic mass is 10.1. The lowest BCUT2D eigenvalue weighted by Gasteiger charge is -2.26. The third-order valence-electron chi connectivity index (χ3n) is 4.57. The molecule has 26 heavy (non-hydrogen) atoms. The second kappa shape index (κ2) is 8.47. The van der Waals surface area contributed by atoms with Gasteiger partial charge in [-0.25, -0.2) is 4.79 Å². The average Bonchev–Trinajstić information content (AvgIpc) is 2.83. The number of anilines is 1. The van der Waals surface area contributed by atoms with Crippen molar-refractivity contribution in [3.8, 4) is 0 Å². The Balaban J connectivity index is 1.55. The summed E-state index contributed by atoms with van der Waals surface area (Å²) in [5, 5.41) is 5.73. The van der Waals surface area contributed by atoms with E-state index >= 15 is 0 Å². The molecular weight excluding hydrogens is 328 g/mol. The number of carbonyl (C=O) groups is 2. The maximum atomic E-state index is 12.5. The molecule has 0 spiro atoms. The monoisotopic (exact) mass is 352 g/mol. The van der Waals surface area contributed by atoms with E-state index in [9.17, 15) is 9.59 Å². The van der Waals surface area contributed by atoms with E-state index in [0.29, 0.717) is 19.5 Å². The van der Waals surface area contributed by atoms with E-state index in [1.807, 2.05) is 49.4 Å². The fraction of sp³-hybridized carbons (Fsp3) is 0.350. The van der Waals surface area contributed by atoms with Gasteiger partial charge in [-0.3, -0.25) is 9.78 Å². The van der Waals surface area contributed by atoms with Gasteiger partial charge in [0, 0.05) is 43.1 Å². The molecule has 0 bridgehead atoms. The van der Waals surface area contributed by atoms with Crippen molar-refractivity contribution in [3.05, 3.63) is 59.9 Å². The molecule has 0 saturated carbocycles. The van der Waals surface area contributed by atoms with E-state index in [0.717, 1.165) is 24.2 Å². The molecule has 3 amide bonds. The van der Waals surface area contributed by atoms with Crippen LogP contribution in [-0.4, -0.2) is 41.0 Å². The quantitative estimate of drug-likeness (QED) is 0.888. The van der Waals surface area contributed by atoms with Crippen LogP contribution in [0.5, 0.6) is 0 Å². The lowest BCUT2D eigenvalue weighted by Crippen LogP contribution is -2.44. The maximum Gasteiger partial charge on any atom is 0.322 e. The minimum Gasteiger partial charge on any atom is -0.354 e. The van der Waals surface area contributed by atoms with E-state index in [-0.39, 0.29) is 18.0 Å². The third-order valence-corrected chi connectivity index (χ3v) is 4.57. The number of benzene rings is 1. The molecule has 0 unspecified atom stereocenters. The number of hydrogen-bond acceptors (Lipinski definition) is 3. The van der Waals surface area contributed by atoms with Gasteiger partial charge in [0.05, 0.1) is 0 Å². The van der Waals surface area contributed by atoms with E-state index < -0.39 is 0 Å². The number of urea groups is 1. The van der Waals surface area contributed by atoms with Crippen LogP contribution >= 0.6 is 0 Å². The summed E-state index contributed by atoms with van der Waals surface area (Å²) in [7, 11) is 0. The van der Waals surface area contributed by atoms with Crippen LogP contribution in [0.4, 0.5) is 10.5 Å². The Bertz CT molecular complexity index is 746. The minimum atomic E-state index is -0.171. The van der Waals surface area contributed by atoms with Gasteiger partial charge in [0.1, 0.15) is 0 Å². The topological polar surface area (TPSA) is 74.3 Å². The number of nitrogens with one attached hydrogen (secondary N) is 2. The normalized spacial score (nSPS) is 17.3. The number of carbonyl (C=O) groups excluding carboxylic acids is 2. The van der Waals surface area contributed by atoms with Crippen molar-refractivity contribution < 1.29 is 9.59 Å². The van der Waals surface area contributed by atoms with Crippen molar-refractivity contribution in [2.75, 3.05) is 18.4 Å². The zero-order valence-corrected chi connectivity index (χ0v) is 14.9. The van der Waals surface area contributed by atoms with Crippen LogP contribution in [0.3, 0.4) is 0 Å². The van der Waals surface area contributed by atoms with Crippen molar-refractivity contribution in [1.82, 2.24) is 15.2 Å². The molecule has 1 aliphatic rings. The molecule has 1 atom stereocenters. The Labute approximate surface area is 153 Å². The Hall–Kier alpha value is -2.89. The van der Waals surface area contributed by atoms with E-state index in [1.54, 1.807) is 11.1 Å². The van der Waals surface area contributed by atoms with E-state index in [2.05, 4.69) is 15.6 Å². The zero-order valence-electron chi connectivity index (χ0n) is 14.9. The molecule has 1 aromatic heterocycles. The van der Waals surface area contributed by atoms with Crippen LogP contribution < -0.4 is 10.6 Å². The average molecular weight is 352 g/mol. The van der Waals surface area contributed by atoms with Gasteiger partial charge >= 0.3 is 6.03 Å². The van der Waals surface area contributed by atoms with Gasteiger partial charge in [-0.15, -0.1) is 0 Å². The summed E-state index contributed by atoms with van der Waals surface area (Å²) >= 11 is 0. The van der Waals surface area contributed by atoms with Gasteiger partial charge in [0.2, 0.25) is 5.91 Å². The molecule has 2 heterocycles. The van der Waals surface area contributed by atoms with Crippen LogP contribution in [-0.2, 0) is 17.6 Å². The molecular formula is C20H24N4O2. The molecule has 136 valence electrons. The molecule has 0 aliphatic carbocycles. The first-order valence-corrected chi connectivity index (χ1v) is 8.95. The van der Waals surface area contributed by atoms with Crippen molar-refractivity contribution in [1.29, 1.82) is 0 Å². The smallest absolute Gasteiger partial charge is 0.322 e. The summed E-state index contributed by atoms with van der Waals surface area (Å²) < 4.78 is 0. The Morgan fingerprint density at radius 3 is 2.77 bits per heavy atom. The molecule has 2 aromatic rings. The van der Waals surface area contributed by atoms with Crippen LogP contribution in [0.25, 0.3) is 0 Å². The first-order valence-electron chi connectivity index (χ1n) is 8.95. The SMILES string of the molecule is C[C@@H]1CNC(=O)CCN1C(=O)Nc1ccc(CCc2ccccn2)cc1. The molecule has 1 saturated heterocycles. The van der Waals surface area contributed by atoms with Gasteiger partial charge < -0.3 is 15.5 Å². The first kappa shape index (κ1) is 17.9. The summed E-state index contributed by atoms with van der Waals surface area (Å²) in [6, 6.07) is 13.6. The van der Waals surface area contributed by atoms with Crippen LogP contribution in [0, 0.1) is 0 Å². The van der Waals surface area contributed by atoms with Crippen molar-refractivity contribution >= 4 is 17.6 Å². The summed E-state index contributed by atoms with van der Waals surface area (Å²) in [5.74, 6) is -0.00981. The van der Waals surface area contributed by atoms with Crippen molar-refractivity contribution in [2.24, 2.45) is 0 Å². The number of aryl methyl sites for hydroxylation is 2. The Kier molecular flexibility index (Phi) is 5.84. The van der Waals surface area contributed by atoms with E-state index in [1.165, 1.54) is 5.56 Å². The van der Waals surface area contributed by atoms with Crippen molar-refractivity contribution in [3.63, 3.8) is 0 Å². The molecule has 6 nitrogen and oxygen atoms in total. The predicted molar refractivity (Wildman–Crippen MR) is 101 cm³/mol. The van der Waals surface area contributed by atoms with E-state index in [4.69, 9.17) is 0 Å². The van der Waals surface area contributed by atoms with Gasteiger partial charge in [-0.05, 0) is 49.6 Å². The van der Waals surface area contributed by atoms with Gasteiger partial charge in [0.25, 0.3) is 0 Å². The highest BCUT2D eigenvalue weighted by Crippen LogP contribution is 2.14. The number of rotatable bonds is 4. The second-order valence-electron chi connectivity index (χ2n) is 6.54. The first-order chi connectivity index (χ1) is 12.6. The van der Waals surface area contributed by atoms with Crippen LogP contribution in [0.15, 0.2) is 48.7 Å². The molecule has 2 N–H and O–H groups in total. The second-order valence-corrected chi connectivity index (χ2v) is 6.54. The molecule has 1 fully saturated rings.